The zero-order chi connectivity index (χ0) is 17.1. The van der Waals surface area contributed by atoms with Crippen LogP contribution in [-0.4, -0.2) is 43.2 Å². The van der Waals surface area contributed by atoms with E-state index in [1.807, 2.05) is 0 Å². The molecule has 0 spiro atoms. The Hall–Kier alpha value is -1.79. The van der Waals surface area contributed by atoms with Gasteiger partial charge in [-0.2, -0.15) is 0 Å². The Morgan fingerprint density at radius 1 is 1.55 bits per heavy atom. The minimum atomic E-state index is -1.81. The Balaban J connectivity index is 2.72. The van der Waals surface area contributed by atoms with E-state index >= 15 is 0 Å². The lowest BCUT2D eigenvalue weighted by Crippen LogP contribution is -2.45. The first-order valence-electron chi connectivity index (χ1n) is 7.33. The lowest BCUT2D eigenvalue weighted by atomic mass is 9.98. The number of hydrogen-bond acceptors (Lipinski definition) is 5. The molecule has 0 aromatic heterocycles. The molecule has 114 valence electrons. The molecular weight excluding hydrogens is 264 g/mol. The molecule has 7 heteroatoms. The van der Waals surface area contributed by atoms with Crippen molar-refractivity contribution in [3.05, 3.63) is 0 Å². The van der Waals surface area contributed by atoms with E-state index in [1.54, 1.807) is 20.8 Å². The van der Waals surface area contributed by atoms with Gasteiger partial charge in [0.1, 0.15) is 11.6 Å². The molecule has 20 heavy (non-hydrogen) atoms. The smallest absolute Gasteiger partial charge is 0.408 e. The summed E-state index contributed by atoms with van der Waals surface area (Å²) in [7, 11) is 1.17. The van der Waals surface area contributed by atoms with Crippen molar-refractivity contribution in [2.75, 3.05) is 13.6 Å². The third-order valence-electron chi connectivity index (χ3n) is 2.63. The summed E-state index contributed by atoms with van der Waals surface area (Å²) in [5, 5.41) is 4.56. The number of methoxy groups -OCH3 is 1. The van der Waals surface area contributed by atoms with Crippen LogP contribution in [0.4, 0.5) is 4.79 Å². The lowest BCUT2D eigenvalue weighted by Gasteiger charge is -2.23. The number of rotatable bonds is 4. The zero-order valence-corrected chi connectivity index (χ0v) is 12.1. The number of carbonyl (C=O) groups excluding carboxylic acids is 3. The van der Waals surface area contributed by atoms with E-state index in [0.29, 0.717) is 0 Å². The third kappa shape index (κ3) is 5.07. The van der Waals surface area contributed by atoms with E-state index in [2.05, 4.69) is 15.4 Å². The summed E-state index contributed by atoms with van der Waals surface area (Å²) in [5.41, 5.74) is -0.729. The van der Waals surface area contributed by atoms with Gasteiger partial charge in [-0.3, -0.25) is 4.79 Å². The maximum atomic E-state index is 11.8. The van der Waals surface area contributed by atoms with Gasteiger partial charge in [0.15, 0.2) is 0 Å². The fraction of sp³-hybridized carbons (Fsp3) is 0.769. The minimum absolute atomic E-state index is 0.0583. The molecule has 0 saturated carbocycles. The van der Waals surface area contributed by atoms with E-state index in [0.717, 1.165) is 0 Å². The normalized spacial score (nSPS) is 24.0. The number of amides is 2. The largest absolute Gasteiger partial charge is 0.467 e. The third-order valence-corrected chi connectivity index (χ3v) is 2.63. The van der Waals surface area contributed by atoms with Crippen LogP contribution in [-0.2, 0) is 19.1 Å². The van der Waals surface area contributed by atoms with Crippen molar-refractivity contribution in [3.63, 3.8) is 0 Å². The molecule has 1 rings (SSSR count). The van der Waals surface area contributed by atoms with Crippen molar-refractivity contribution in [1.29, 1.82) is 0 Å². The van der Waals surface area contributed by atoms with Crippen LogP contribution in [0.1, 0.15) is 36.4 Å². The van der Waals surface area contributed by atoms with Gasteiger partial charge in [0.05, 0.1) is 7.11 Å². The monoisotopic (exact) mass is 288 g/mol. The van der Waals surface area contributed by atoms with Crippen LogP contribution >= 0.6 is 0 Å². The van der Waals surface area contributed by atoms with Gasteiger partial charge >= 0.3 is 12.1 Å². The number of esters is 1. The highest BCUT2D eigenvalue weighted by molar-refractivity contribution is 5.84. The average molecular weight is 288 g/mol. The number of hydrogen-bond donors (Lipinski definition) is 2. The zero-order valence-electron chi connectivity index (χ0n) is 14.1. The van der Waals surface area contributed by atoms with Gasteiger partial charge in [-0.05, 0) is 33.6 Å². The van der Waals surface area contributed by atoms with E-state index in [-0.39, 0.29) is 12.8 Å². The summed E-state index contributed by atoms with van der Waals surface area (Å²) in [5.74, 6) is -1.94. The molecule has 0 aromatic rings. The Morgan fingerprint density at radius 3 is 2.65 bits per heavy atom. The summed E-state index contributed by atoms with van der Waals surface area (Å²) < 4.78 is 24.7. The van der Waals surface area contributed by atoms with E-state index in [4.69, 9.17) is 7.48 Å². The van der Waals surface area contributed by atoms with Crippen LogP contribution in [0, 0.1) is 5.92 Å². The molecule has 1 aliphatic heterocycles. The molecule has 2 amide bonds. The molecule has 1 unspecified atom stereocenters. The Bertz CT molecular complexity index is 462. The second kappa shape index (κ2) is 6.58. The van der Waals surface area contributed by atoms with Gasteiger partial charge in [-0.1, -0.05) is 0 Å². The predicted octanol–water partition coefficient (Wildman–Crippen LogP) is 0.579. The standard InChI is InChI=1S/C13H22N2O5/c1-13(2,3)20-12(18)15-9(11(17)19-4)7-8-5-6-14-10(8)16/h8-9H,5-7H2,1-4H3,(H,14,16)(H,15,18)/t8-,9?/m0/s1/i6D2. The van der Waals surface area contributed by atoms with E-state index in [9.17, 15) is 14.4 Å². The van der Waals surface area contributed by atoms with Crippen molar-refractivity contribution in [3.8, 4) is 0 Å². The van der Waals surface area contributed by atoms with E-state index in [1.165, 1.54) is 7.11 Å². The molecule has 2 N–H and O–H groups in total. The second-order valence-electron chi connectivity index (χ2n) is 5.52. The van der Waals surface area contributed by atoms with Crippen LogP contribution in [0.3, 0.4) is 0 Å². The fourth-order valence-corrected chi connectivity index (χ4v) is 1.74. The van der Waals surface area contributed by atoms with E-state index < -0.39 is 42.0 Å². The van der Waals surface area contributed by atoms with Crippen molar-refractivity contribution in [2.45, 2.75) is 45.3 Å². The first-order chi connectivity index (χ1) is 9.93. The summed E-state index contributed by atoms with van der Waals surface area (Å²) in [6.45, 7) is 3.23. The molecule has 0 bridgehead atoms. The highest BCUT2D eigenvalue weighted by Crippen LogP contribution is 2.17. The SMILES string of the molecule is [2H]C1([2H])C[C@@H](CC(NC(=O)OC(C)(C)C)C(=O)OC)C(=O)N1. The quantitative estimate of drug-likeness (QED) is 0.738. The number of carbonyl (C=O) groups is 3. The highest BCUT2D eigenvalue weighted by Gasteiger charge is 2.32. The highest BCUT2D eigenvalue weighted by atomic mass is 16.6. The Morgan fingerprint density at radius 2 is 2.20 bits per heavy atom. The fourth-order valence-electron chi connectivity index (χ4n) is 1.74. The molecule has 0 aromatic carbocycles. The number of nitrogens with one attached hydrogen (secondary N) is 2. The summed E-state index contributed by atoms with van der Waals surface area (Å²) in [4.78, 5) is 35.2. The van der Waals surface area contributed by atoms with Crippen molar-refractivity contribution < 1.29 is 26.6 Å². The summed E-state index contributed by atoms with van der Waals surface area (Å²) in [6, 6.07) is -1.08. The topological polar surface area (TPSA) is 93.7 Å². The molecular formula is C13H22N2O5. The first-order valence-corrected chi connectivity index (χ1v) is 6.33. The Labute approximate surface area is 121 Å². The summed E-state index contributed by atoms with van der Waals surface area (Å²) in [6.07, 6.45) is -0.934. The molecule has 1 heterocycles. The number of alkyl carbamates (subject to hydrolysis) is 1. The molecule has 1 aliphatic rings. The molecule has 7 nitrogen and oxygen atoms in total. The minimum Gasteiger partial charge on any atom is -0.467 e. The van der Waals surface area contributed by atoms with Gasteiger partial charge in [0, 0.05) is 15.2 Å². The molecule has 0 radical (unpaired) electrons. The first kappa shape index (κ1) is 13.2. The molecule has 1 fully saturated rings. The molecule has 0 aliphatic carbocycles. The molecule has 2 atom stereocenters. The molecule has 1 saturated heterocycles. The lowest BCUT2D eigenvalue weighted by molar-refractivity contribution is -0.143. The van der Waals surface area contributed by atoms with Crippen LogP contribution in [0.15, 0.2) is 0 Å². The average Bonchev–Trinajstić information content (AvgIpc) is 2.58. The van der Waals surface area contributed by atoms with Crippen molar-refractivity contribution in [1.82, 2.24) is 10.6 Å². The van der Waals surface area contributed by atoms with Gasteiger partial charge < -0.3 is 20.1 Å². The van der Waals surface area contributed by atoms with Crippen molar-refractivity contribution >= 4 is 18.0 Å². The van der Waals surface area contributed by atoms with Crippen LogP contribution in [0.5, 0.6) is 0 Å². The van der Waals surface area contributed by atoms with Gasteiger partial charge in [0.25, 0.3) is 0 Å². The number of ether oxygens (including phenoxy) is 2. The second-order valence-corrected chi connectivity index (χ2v) is 5.52. The summed E-state index contributed by atoms with van der Waals surface area (Å²) >= 11 is 0. The van der Waals surface area contributed by atoms with Gasteiger partial charge in [0.2, 0.25) is 5.91 Å². The van der Waals surface area contributed by atoms with Crippen molar-refractivity contribution in [2.24, 2.45) is 5.92 Å². The maximum absolute atomic E-state index is 11.8. The van der Waals surface area contributed by atoms with Crippen LogP contribution in [0.2, 0.25) is 0 Å². The van der Waals surface area contributed by atoms with Crippen LogP contribution in [0.25, 0.3) is 0 Å². The Kier molecular flexibility index (Phi) is 4.35. The van der Waals surface area contributed by atoms with Crippen LogP contribution < -0.4 is 10.6 Å². The maximum Gasteiger partial charge on any atom is 0.408 e. The van der Waals surface area contributed by atoms with Gasteiger partial charge in [-0.15, -0.1) is 0 Å². The predicted molar refractivity (Wildman–Crippen MR) is 70.9 cm³/mol. The van der Waals surface area contributed by atoms with Gasteiger partial charge in [-0.25, -0.2) is 9.59 Å².